The fourth-order valence-corrected chi connectivity index (χ4v) is 2.68. The van der Waals surface area contributed by atoms with E-state index in [1.54, 1.807) is 23.9 Å². The Bertz CT molecular complexity index is 499. The molecule has 98 valence electrons. The Kier molecular flexibility index (Phi) is 3.45. The molecule has 1 aliphatic rings. The lowest BCUT2D eigenvalue weighted by atomic mass is 10.2. The summed E-state index contributed by atoms with van der Waals surface area (Å²) in [5, 5.41) is 18.6. The van der Waals surface area contributed by atoms with Crippen molar-refractivity contribution in [1.82, 2.24) is 9.47 Å². The number of carbonyl (C=O) groups excluding carboxylic acids is 1. The van der Waals surface area contributed by atoms with Crippen molar-refractivity contribution in [3.05, 3.63) is 22.4 Å². The first kappa shape index (κ1) is 13.1. The van der Waals surface area contributed by atoms with Crippen molar-refractivity contribution in [2.75, 3.05) is 6.54 Å². The van der Waals surface area contributed by atoms with E-state index in [0.717, 1.165) is 4.47 Å². The number of likely N-dealkylation sites (tertiary alicyclic amines) is 1. The van der Waals surface area contributed by atoms with Gasteiger partial charge in [0.2, 0.25) is 0 Å². The number of hydrogen-bond acceptors (Lipinski definition) is 3. The number of hydrogen-bond donors (Lipinski definition) is 2. The van der Waals surface area contributed by atoms with Crippen molar-refractivity contribution < 1.29 is 19.8 Å². The van der Waals surface area contributed by atoms with Gasteiger partial charge < -0.3 is 19.7 Å². The predicted octanol–water partition coefficient (Wildman–Crippen LogP) is 0.448. The van der Waals surface area contributed by atoms with E-state index in [1.807, 2.05) is 0 Å². The summed E-state index contributed by atoms with van der Waals surface area (Å²) in [6.45, 7) is 0.0542. The summed E-state index contributed by atoms with van der Waals surface area (Å²) in [7, 11) is 1.71. The van der Waals surface area contributed by atoms with Gasteiger partial charge in [0.05, 0.1) is 6.10 Å². The molecular formula is C11H13BrN2O4. The first-order valence-electron chi connectivity index (χ1n) is 5.44. The van der Waals surface area contributed by atoms with Crippen LogP contribution >= 0.6 is 15.9 Å². The monoisotopic (exact) mass is 316 g/mol. The van der Waals surface area contributed by atoms with Crippen LogP contribution in [0.15, 0.2) is 16.7 Å². The molecule has 0 spiro atoms. The highest BCUT2D eigenvalue weighted by molar-refractivity contribution is 9.10. The summed E-state index contributed by atoms with van der Waals surface area (Å²) in [6, 6.07) is 0.674. The van der Waals surface area contributed by atoms with E-state index in [-0.39, 0.29) is 18.9 Å². The van der Waals surface area contributed by atoms with Gasteiger partial charge in [-0.15, -0.1) is 0 Å². The second-order valence-electron chi connectivity index (χ2n) is 4.36. The highest BCUT2D eigenvalue weighted by atomic mass is 79.9. The maximum atomic E-state index is 12.3. The number of amides is 1. The SMILES string of the molecule is Cn1cc(Br)cc1C(=O)N1C[C@H](O)C[C@H]1C(=O)O. The van der Waals surface area contributed by atoms with Gasteiger partial charge >= 0.3 is 5.97 Å². The van der Waals surface area contributed by atoms with Crippen LogP contribution in [0.5, 0.6) is 0 Å². The lowest BCUT2D eigenvalue weighted by Crippen LogP contribution is -2.41. The first-order chi connectivity index (χ1) is 8.40. The Labute approximate surface area is 112 Å². The van der Waals surface area contributed by atoms with Gasteiger partial charge in [-0.2, -0.15) is 0 Å². The van der Waals surface area contributed by atoms with Gasteiger partial charge in [-0.3, -0.25) is 4.79 Å². The number of aliphatic hydroxyl groups excluding tert-OH is 1. The number of aromatic nitrogens is 1. The number of carboxylic acid groups (broad SMARTS) is 1. The summed E-state index contributed by atoms with van der Waals surface area (Å²) in [4.78, 5) is 24.5. The Balaban J connectivity index is 2.28. The fraction of sp³-hybridized carbons (Fsp3) is 0.455. The molecule has 1 saturated heterocycles. The number of aliphatic hydroxyl groups is 1. The van der Waals surface area contributed by atoms with Gasteiger partial charge in [-0.1, -0.05) is 0 Å². The predicted molar refractivity (Wildman–Crippen MR) is 66.2 cm³/mol. The van der Waals surface area contributed by atoms with E-state index in [0.29, 0.717) is 5.69 Å². The van der Waals surface area contributed by atoms with Crippen LogP contribution in [-0.4, -0.2) is 50.2 Å². The zero-order valence-electron chi connectivity index (χ0n) is 9.71. The lowest BCUT2D eigenvalue weighted by molar-refractivity contribution is -0.141. The Morgan fingerprint density at radius 1 is 1.50 bits per heavy atom. The molecule has 0 bridgehead atoms. The second-order valence-corrected chi connectivity index (χ2v) is 5.27. The molecule has 0 aliphatic carbocycles. The third-order valence-electron chi connectivity index (χ3n) is 3.02. The van der Waals surface area contributed by atoms with Crippen molar-refractivity contribution in [3.63, 3.8) is 0 Å². The van der Waals surface area contributed by atoms with Crippen LogP contribution in [0.1, 0.15) is 16.9 Å². The number of aryl methyl sites for hydroxylation is 1. The normalized spacial score (nSPS) is 23.4. The molecular weight excluding hydrogens is 304 g/mol. The molecule has 1 amide bonds. The molecule has 18 heavy (non-hydrogen) atoms. The average Bonchev–Trinajstić information content (AvgIpc) is 2.81. The van der Waals surface area contributed by atoms with Crippen molar-refractivity contribution in [2.45, 2.75) is 18.6 Å². The van der Waals surface area contributed by atoms with E-state index in [2.05, 4.69) is 15.9 Å². The van der Waals surface area contributed by atoms with Crippen LogP contribution in [0.25, 0.3) is 0 Å². The Morgan fingerprint density at radius 2 is 2.17 bits per heavy atom. The molecule has 1 aromatic heterocycles. The summed E-state index contributed by atoms with van der Waals surface area (Å²) in [5.41, 5.74) is 0.391. The second kappa shape index (κ2) is 4.74. The molecule has 0 radical (unpaired) electrons. The van der Waals surface area contributed by atoms with Crippen LogP contribution in [-0.2, 0) is 11.8 Å². The van der Waals surface area contributed by atoms with Crippen molar-refractivity contribution in [3.8, 4) is 0 Å². The van der Waals surface area contributed by atoms with Crippen LogP contribution in [0.2, 0.25) is 0 Å². The zero-order chi connectivity index (χ0) is 13.4. The molecule has 1 fully saturated rings. The van der Waals surface area contributed by atoms with Gasteiger partial charge in [0, 0.05) is 30.7 Å². The largest absolute Gasteiger partial charge is 0.480 e. The molecule has 2 N–H and O–H groups in total. The van der Waals surface area contributed by atoms with Crippen LogP contribution in [0.4, 0.5) is 0 Å². The third-order valence-corrected chi connectivity index (χ3v) is 3.45. The average molecular weight is 317 g/mol. The topological polar surface area (TPSA) is 82.8 Å². The summed E-state index contributed by atoms with van der Waals surface area (Å²) in [6.07, 6.45) is 1.01. The maximum absolute atomic E-state index is 12.3. The molecule has 2 rings (SSSR count). The van der Waals surface area contributed by atoms with Crippen molar-refractivity contribution in [2.24, 2.45) is 7.05 Å². The van der Waals surface area contributed by atoms with Crippen LogP contribution < -0.4 is 0 Å². The van der Waals surface area contributed by atoms with Crippen LogP contribution in [0, 0.1) is 0 Å². The number of nitrogens with zero attached hydrogens (tertiary/aromatic N) is 2. The zero-order valence-corrected chi connectivity index (χ0v) is 11.3. The Hall–Kier alpha value is -1.34. The quantitative estimate of drug-likeness (QED) is 0.829. The van der Waals surface area contributed by atoms with Crippen LogP contribution in [0.3, 0.4) is 0 Å². The molecule has 6 nitrogen and oxygen atoms in total. The molecule has 0 aromatic carbocycles. The van der Waals surface area contributed by atoms with E-state index < -0.39 is 18.1 Å². The molecule has 1 aliphatic heterocycles. The lowest BCUT2D eigenvalue weighted by Gasteiger charge is -2.21. The minimum absolute atomic E-state index is 0.0542. The fourth-order valence-electron chi connectivity index (χ4n) is 2.16. The van der Waals surface area contributed by atoms with Gasteiger partial charge in [-0.05, 0) is 22.0 Å². The summed E-state index contributed by atoms with van der Waals surface area (Å²) in [5.74, 6) is -1.47. The van der Waals surface area contributed by atoms with E-state index in [4.69, 9.17) is 5.11 Å². The van der Waals surface area contributed by atoms with Gasteiger partial charge in [-0.25, -0.2) is 4.79 Å². The smallest absolute Gasteiger partial charge is 0.326 e. The molecule has 7 heteroatoms. The number of β-amino-alcohol motifs (C(OH)–C–C–N with tert-alkyl or cyclic N) is 1. The minimum Gasteiger partial charge on any atom is -0.480 e. The van der Waals surface area contributed by atoms with Gasteiger partial charge in [0.1, 0.15) is 11.7 Å². The number of halogens is 1. The van der Waals surface area contributed by atoms with E-state index >= 15 is 0 Å². The molecule has 2 atom stereocenters. The van der Waals surface area contributed by atoms with Crippen molar-refractivity contribution >= 4 is 27.8 Å². The third kappa shape index (κ3) is 2.28. The molecule has 2 heterocycles. The number of aliphatic carboxylic acids is 1. The minimum atomic E-state index is -1.09. The number of rotatable bonds is 2. The van der Waals surface area contributed by atoms with Crippen molar-refractivity contribution in [1.29, 1.82) is 0 Å². The summed E-state index contributed by atoms with van der Waals surface area (Å²) < 4.78 is 2.37. The number of carbonyl (C=O) groups is 2. The van der Waals surface area contributed by atoms with Gasteiger partial charge in [0.15, 0.2) is 0 Å². The molecule has 1 aromatic rings. The molecule has 0 saturated carbocycles. The maximum Gasteiger partial charge on any atom is 0.326 e. The first-order valence-corrected chi connectivity index (χ1v) is 6.23. The summed E-state index contributed by atoms with van der Waals surface area (Å²) >= 11 is 3.26. The highest BCUT2D eigenvalue weighted by Gasteiger charge is 2.39. The van der Waals surface area contributed by atoms with E-state index in [9.17, 15) is 14.7 Å². The number of carboxylic acids is 1. The Morgan fingerprint density at radius 3 is 2.67 bits per heavy atom. The molecule has 0 unspecified atom stereocenters. The highest BCUT2D eigenvalue weighted by Crippen LogP contribution is 2.22. The van der Waals surface area contributed by atoms with E-state index in [1.165, 1.54) is 4.90 Å². The van der Waals surface area contributed by atoms with Gasteiger partial charge in [0.25, 0.3) is 5.91 Å². The standard InChI is InChI=1S/C11H13BrN2O4/c1-13-4-6(12)2-8(13)10(16)14-5-7(15)3-9(14)11(17)18/h2,4,7,9,15H,3,5H2,1H3,(H,17,18)/t7-,9+/m1/s1.